The van der Waals surface area contributed by atoms with Gasteiger partial charge >= 0.3 is 0 Å². The van der Waals surface area contributed by atoms with Crippen molar-refractivity contribution in [2.24, 2.45) is 0 Å². The first kappa shape index (κ1) is 31.6. The van der Waals surface area contributed by atoms with E-state index in [-0.39, 0.29) is 5.41 Å². The van der Waals surface area contributed by atoms with E-state index in [9.17, 15) is 0 Å². The highest BCUT2D eigenvalue weighted by Crippen LogP contribution is 2.52. The zero-order valence-electron chi connectivity index (χ0n) is 30.8. The van der Waals surface area contributed by atoms with Crippen molar-refractivity contribution in [3.8, 4) is 33.4 Å². The Kier molecular flexibility index (Phi) is 6.93. The van der Waals surface area contributed by atoms with Crippen LogP contribution in [0, 0.1) is 0 Å². The van der Waals surface area contributed by atoms with Crippen LogP contribution >= 0.6 is 0 Å². The van der Waals surface area contributed by atoms with Crippen molar-refractivity contribution in [1.82, 2.24) is 0 Å². The molecule has 0 atom stereocenters. The van der Waals surface area contributed by atoms with Crippen LogP contribution in [0.5, 0.6) is 0 Å². The monoisotopic (exact) mass is 703 g/mol. The molecular weight excluding hydrogens is 667 g/mol. The number of hydrogen-bond acceptors (Lipinski definition) is 2. The zero-order chi connectivity index (χ0) is 36.7. The first-order valence-corrected chi connectivity index (χ1v) is 19.1. The highest BCUT2D eigenvalue weighted by molar-refractivity contribution is 6.22. The Balaban J connectivity index is 1.17. The lowest BCUT2D eigenvalue weighted by molar-refractivity contribution is 0.660. The number of fused-ring (bicyclic) bond motifs is 8. The molecule has 9 aromatic carbocycles. The molecule has 0 aliphatic heterocycles. The molecule has 2 heteroatoms. The summed E-state index contributed by atoms with van der Waals surface area (Å²) in [6.45, 7) is 4.70. The molecular formula is C53H37NO. The SMILES string of the molecule is CC1(C)c2ccccc2-c2ccc(N(c3ccc(-c4ccccc4)cc3)c3cccc4oc5c(-c6ccc7ccccc7c6)c6ccccc6cc5c34)cc21. The maximum Gasteiger partial charge on any atom is 0.143 e. The van der Waals surface area contributed by atoms with Gasteiger partial charge in [-0.25, -0.2) is 0 Å². The number of hydrogen-bond donors (Lipinski definition) is 0. The summed E-state index contributed by atoms with van der Waals surface area (Å²) in [4.78, 5) is 2.43. The first-order chi connectivity index (χ1) is 27.0. The summed E-state index contributed by atoms with van der Waals surface area (Å²) in [5.41, 5.74) is 14.9. The van der Waals surface area contributed by atoms with E-state index in [0.717, 1.165) is 50.1 Å². The smallest absolute Gasteiger partial charge is 0.143 e. The third-order valence-corrected chi connectivity index (χ3v) is 11.8. The van der Waals surface area contributed by atoms with Crippen LogP contribution in [0.3, 0.4) is 0 Å². The number of benzene rings is 9. The Labute approximate surface area is 320 Å². The Hall–Kier alpha value is -6.90. The Bertz CT molecular complexity index is 3110. The quantitative estimate of drug-likeness (QED) is 0.177. The molecule has 1 heterocycles. The van der Waals surface area contributed by atoms with E-state index in [1.54, 1.807) is 0 Å². The normalized spacial score (nSPS) is 13.1. The van der Waals surface area contributed by atoms with Crippen LogP contribution < -0.4 is 4.90 Å². The van der Waals surface area contributed by atoms with Gasteiger partial charge in [0.25, 0.3) is 0 Å². The van der Waals surface area contributed by atoms with Gasteiger partial charge in [0.1, 0.15) is 11.2 Å². The van der Waals surface area contributed by atoms with Crippen LogP contribution in [0.4, 0.5) is 17.1 Å². The van der Waals surface area contributed by atoms with Crippen LogP contribution in [-0.4, -0.2) is 0 Å². The second-order valence-corrected chi connectivity index (χ2v) is 15.3. The van der Waals surface area contributed by atoms with Crippen molar-refractivity contribution >= 4 is 60.5 Å². The maximum atomic E-state index is 7.02. The molecule has 0 unspecified atom stereocenters. The largest absolute Gasteiger partial charge is 0.455 e. The second-order valence-electron chi connectivity index (χ2n) is 15.3. The van der Waals surface area contributed by atoms with Gasteiger partial charge < -0.3 is 9.32 Å². The molecule has 0 spiro atoms. The molecule has 11 rings (SSSR count). The molecule has 0 saturated carbocycles. The molecule has 260 valence electrons. The maximum absolute atomic E-state index is 7.02. The fraction of sp³-hybridized carbons (Fsp3) is 0.0566. The van der Waals surface area contributed by atoms with Gasteiger partial charge in [-0.2, -0.15) is 0 Å². The molecule has 0 radical (unpaired) electrons. The van der Waals surface area contributed by atoms with Crippen LogP contribution in [0.25, 0.3) is 76.9 Å². The van der Waals surface area contributed by atoms with Gasteiger partial charge in [0, 0.05) is 27.7 Å². The van der Waals surface area contributed by atoms with E-state index in [1.165, 1.54) is 54.9 Å². The summed E-state index contributed by atoms with van der Waals surface area (Å²) in [5, 5.41) is 7.01. The average molecular weight is 704 g/mol. The Morgan fingerprint density at radius 2 is 1.11 bits per heavy atom. The van der Waals surface area contributed by atoms with Gasteiger partial charge in [-0.3, -0.25) is 0 Å². The first-order valence-electron chi connectivity index (χ1n) is 19.1. The molecule has 0 fully saturated rings. The predicted molar refractivity (Wildman–Crippen MR) is 232 cm³/mol. The van der Waals surface area contributed by atoms with Crippen molar-refractivity contribution in [2.45, 2.75) is 19.3 Å². The summed E-state index contributed by atoms with van der Waals surface area (Å²) in [5.74, 6) is 0. The molecule has 1 aromatic heterocycles. The summed E-state index contributed by atoms with van der Waals surface area (Å²) >= 11 is 0. The van der Waals surface area contributed by atoms with E-state index >= 15 is 0 Å². The molecule has 0 bridgehead atoms. The second kappa shape index (κ2) is 12.1. The van der Waals surface area contributed by atoms with Crippen LogP contribution in [-0.2, 0) is 5.41 Å². The number of furan rings is 1. The van der Waals surface area contributed by atoms with Crippen molar-refractivity contribution in [1.29, 1.82) is 0 Å². The van der Waals surface area contributed by atoms with E-state index < -0.39 is 0 Å². The third kappa shape index (κ3) is 4.88. The molecule has 55 heavy (non-hydrogen) atoms. The number of anilines is 3. The fourth-order valence-electron chi connectivity index (χ4n) is 9.12. The van der Waals surface area contributed by atoms with Crippen LogP contribution in [0.1, 0.15) is 25.0 Å². The molecule has 0 N–H and O–H groups in total. The van der Waals surface area contributed by atoms with E-state index in [4.69, 9.17) is 4.42 Å². The van der Waals surface area contributed by atoms with Crippen molar-refractivity contribution < 1.29 is 4.42 Å². The Morgan fingerprint density at radius 1 is 0.436 bits per heavy atom. The van der Waals surface area contributed by atoms with Gasteiger partial charge in [-0.1, -0.05) is 153 Å². The highest BCUT2D eigenvalue weighted by atomic mass is 16.3. The van der Waals surface area contributed by atoms with Gasteiger partial charge in [-0.15, -0.1) is 0 Å². The van der Waals surface area contributed by atoms with Crippen molar-refractivity contribution in [2.75, 3.05) is 4.90 Å². The average Bonchev–Trinajstić information content (AvgIpc) is 3.72. The van der Waals surface area contributed by atoms with Crippen LogP contribution in [0.15, 0.2) is 192 Å². The lowest BCUT2D eigenvalue weighted by Gasteiger charge is -2.29. The van der Waals surface area contributed by atoms with Gasteiger partial charge in [0.05, 0.1) is 11.1 Å². The standard InChI is InChI=1S/C53H37NO/c1-53(2)46-20-11-10-19-43(46)44-30-29-41(33-47(44)53)54(40-27-25-36(26-28-40)34-13-4-3-5-14-34)48-21-12-22-49-51(48)45-32-38-17-8-9-18-42(38)50(52(45)55-49)39-24-23-35-15-6-7-16-37(35)31-39/h3-33H,1-2H3. The third-order valence-electron chi connectivity index (χ3n) is 11.8. The molecule has 1 aliphatic carbocycles. The van der Waals surface area contributed by atoms with Gasteiger partial charge in [0.15, 0.2) is 0 Å². The van der Waals surface area contributed by atoms with Gasteiger partial charge in [-0.05, 0) is 109 Å². The summed E-state index contributed by atoms with van der Waals surface area (Å²) in [7, 11) is 0. The predicted octanol–water partition coefficient (Wildman–Crippen LogP) is 15.0. The molecule has 10 aromatic rings. The molecule has 2 nitrogen and oxygen atoms in total. The number of nitrogens with zero attached hydrogens (tertiary/aromatic N) is 1. The summed E-state index contributed by atoms with van der Waals surface area (Å²) < 4.78 is 7.02. The fourth-order valence-corrected chi connectivity index (χ4v) is 9.12. The lowest BCUT2D eigenvalue weighted by atomic mass is 9.82. The van der Waals surface area contributed by atoms with Crippen molar-refractivity contribution in [3.63, 3.8) is 0 Å². The lowest BCUT2D eigenvalue weighted by Crippen LogP contribution is -2.16. The molecule has 0 saturated heterocycles. The van der Waals surface area contributed by atoms with E-state index in [2.05, 4.69) is 207 Å². The topological polar surface area (TPSA) is 16.4 Å². The number of rotatable bonds is 5. The molecule has 0 amide bonds. The molecule has 1 aliphatic rings. The minimum absolute atomic E-state index is 0.132. The summed E-state index contributed by atoms with van der Waals surface area (Å²) in [6, 6.07) is 68.3. The van der Waals surface area contributed by atoms with Gasteiger partial charge in [0.2, 0.25) is 0 Å². The zero-order valence-corrected chi connectivity index (χ0v) is 30.8. The van der Waals surface area contributed by atoms with Crippen molar-refractivity contribution in [3.05, 3.63) is 199 Å². The minimum atomic E-state index is -0.132. The minimum Gasteiger partial charge on any atom is -0.455 e. The van der Waals surface area contributed by atoms with E-state index in [1.807, 2.05) is 0 Å². The van der Waals surface area contributed by atoms with E-state index in [0.29, 0.717) is 0 Å². The Morgan fingerprint density at radius 3 is 1.96 bits per heavy atom. The highest BCUT2D eigenvalue weighted by Gasteiger charge is 2.36. The van der Waals surface area contributed by atoms with Crippen LogP contribution in [0.2, 0.25) is 0 Å². The summed E-state index contributed by atoms with van der Waals surface area (Å²) in [6.07, 6.45) is 0.